The van der Waals surface area contributed by atoms with E-state index in [0.717, 1.165) is 12.0 Å². The van der Waals surface area contributed by atoms with Gasteiger partial charge in [0.25, 0.3) is 0 Å². The van der Waals surface area contributed by atoms with Gasteiger partial charge in [0.15, 0.2) is 5.78 Å². The Bertz CT molecular complexity index is 726. The predicted octanol–water partition coefficient (Wildman–Crippen LogP) is 3.46. The number of alkyl halides is 2. The number of aromatic nitrogens is 2. The van der Waals surface area contributed by atoms with Crippen molar-refractivity contribution in [2.75, 3.05) is 7.05 Å². The number of hydrogen-bond donors (Lipinski definition) is 0. The Labute approximate surface area is 145 Å². The highest BCUT2D eigenvalue weighted by molar-refractivity contribution is 5.97. The molecule has 0 bridgehead atoms. The minimum atomic E-state index is -2.70. The summed E-state index contributed by atoms with van der Waals surface area (Å²) in [6, 6.07) is 7.31. The van der Waals surface area contributed by atoms with Gasteiger partial charge in [-0.2, -0.15) is 8.78 Å². The quantitative estimate of drug-likeness (QED) is 0.686. The van der Waals surface area contributed by atoms with E-state index in [9.17, 15) is 18.4 Å². The van der Waals surface area contributed by atoms with Crippen LogP contribution >= 0.6 is 0 Å². The molecule has 0 N–H and O–H groups in total. The van der Waals surface area contributed by atoms with E-state index in [0.29, 0.717) is 10.1 Å². The van der Waals surface area contributed by atoms with Crippen LogP contribution in [-0.4, -0.2) is 33.2 Å². The maximum atomic E-state index is 12.8. The Hall–Kier alpha value is -2.57. The highest BCUT2D eigenvalue weighted by Gasteiger charge is 2.17. The third-order valence-corrected chi connectivity index (χ3v) is 4.01. The van der Waals surface area contributed by atoms with Crippen molar-refractivity contribution < 1.29 is 18.4 Å². The highest BCUT2D eigenvalue weighted by atomic mass is 19.3. The zero-order valence-electron chi connectivity index (χ0n) is 14.3. The van der Waals surface area contributed by atoms with E-state index in [2.05, 4.69) is 4.98 Å². The summed E-state index contributed by atoms with van der Waals surface area (Å²) in [5.74, 6) is -0.298. The van der Waals surface area contributed by atoms with Gasteiger partial charge in [0, 0.05) is 37.8 Å². The van der Waals surface area contributed by atoms with Gasteiger partial charge in [-0.15, -0.1) is 0 Å². The second kappa shape index (κ2) is 8.50. The van der Waals surface area contributed by atoms with Crippen molar-refractivity contribution >= 4 is 11.7 Å². The van der Waals surface area contributed by atoms with Gasteiger partial charge in [0.2, 0.25) is 5.91 Å². The van der Waals surface area contributed by atoms with Crippen LogP contribution in [0.1, 0.15) is 48.1 Å². The number of Topliss-reactive ketones (excluding diaryl/α,β-unsaturated/α-hetero) is 1. The average Bonchev–Trinajstić information content (AvgIpc) is 3.07. The van der Waals surface area contributed by atoms with Gasteiger partial charge >= 0.3 is 6.55 Å². The Morgan fingerprint density at radius 3 is 2.48 bits per heavy atom. The van der Waals surface area contributed by atoms with Gasteiger partial charge < -0.3 is 4.90 Å². The lowest BCUT2D eigenvalue weighted by Crippen LogP contribution is -2.28. The number of carbonyl (C=O) groups is 2. The summed E-state index contributed by atoms with van der Waals surface area (Å²) in [6.45, 7) is -0.700. The van der Waals surface area contributed by atoms with E-state index >= 15 is 0 Å². The number of benzene rings is 1. The number of amides is 1. The maximum Gasteiger partial charge on any atom is 0.319 e. The summed E-state index contributed by atoms with van der Waals surface area (Å²) in [7, 11) is 1.51. The Morgan fingerprint density at radius 1 is 1.20 bits per heavy atom. The lowest BCUT2D eigenvalue weighted by Gasteiger charge is -2.17. The van der Waals surface area contributed by atoms with Gasteiger partial charge in [-0.1, -0.05) is 31.2 Å². The molecule has 0 aliphatic heterocycles. The van der Waals surface area contributed by atoms with E-state index in [1.807, 2.05) is 19.1 Å². The molecule has 0 spiro atoms. The van der Waals surface area contributed by atoms with E-state index in [1.165, 1.54) is 24.3 Å². The van der Waals surface area contributed by atoms with Crippen LogP contribution in [-0.2, 0) is 17.8 Å². The minimum Gasteiger partial charge on any atom is -0.338 e. The molecule has 0 fully saturated rings. The molecule has 0 aliphatic rings. The number of hydrogen-bond acceptors (Lipinski definition) is 3. The van der Waals surface area contributed by atoms with Gasteiger partial charge in [-0.05, 0) is 12.0 Å². The van der Waals surface area contributed by atoms with E-state index < -0.39 is 6.55 Å². The van der Waals surface area contributed by atoms with Crippen LogP contribution in [0.15, 0.2) is 36.7 Å². The molecule has 5 nitrogen and oxygen atoms in total. The molecule has 25 heavy (non-hydrogen) atoms. The molecule has 1 heterocycles. The average molecular weight is 349 g/mol. The molecular weight excluding hydrogens is 328 g/mol. The first kappa shape index (κ1) is 18.8. The first-order valence-electron chi connectivity index (χ1n) is 8.08. The van der Waals surface area contributed by atoms with E-state index in [4.69, 9.17) is 0 Å². The molecule has 0 atom stereocenters. The van der Waals surface area contributed by atoms with Crippen LogP contribution in [0.2, 0.25) is 0 Å². The molecule has 134 valence electrons. The number of carbonyl (C=O) groups excluding carboxylic acids is 2. The lowest BCUT2D eigenvalue weighted by atomic mass is 10.0. The molecule has 2 rings (SSSR count). The van der Waals surface area contributed by atoms with Crippen molar-refractivity contribution in [3.63, 3.8) is 0 Å². The molecule has 1 amide bonds. The molecule has 0 unspecified atom stereocenters. The van der Waals surface area contributed by atoms with Crippen molar-refractivity contribution in [2.45, 2.75) is 39.3 Å². The molecule has 0 saturated carbocycles. The predicted molar refractivity (Wildman–Crippen MR) is 89.3 cm³/mol. The summed E-state index contributed by atoms with van der Waals surface area (Å²) in [4.78, 5) is 29.4. The minimum absolute atomic E-state index is 0.0280. The molecule has 0 radical (unpaired) electrons. The fourth-order valence-corrected chi connectivity index (χ4v) is 2.43. The normalized spacial score (nSPS) is 10.9. The third-order valence-electron chi connectivity index (χ3n) is 4.01. The fraction of sp³-hybridized carbons (Fsp3) is 0.389. The van der Waals surface area contributed by atoms with E-state index in [-0.39, 0.29) is 36.9 Å². The summed E-state index contributed by atoms with van der Waals surface area (Å²) in [6.07, 6.45) is 3.44. The topological polar surface area (TPSA) is 55.2 Å². The lowest BCUT2D eigenvalue weighted by molar-refractivity contribution is -0.130. The number of aryl methyl sites for hydroxylation is 1. The molecule has 0 aliphatic carbocycles. The van der Waals surface area contributed by atoms with Crippen molar-refractivity contribution in [1.82, 2.24) is 14.5 Å². The van der Waals surface area contributed by atoms with Crippen LogP contribution in [0.3, 0.4) is 0 Å². The Kier molecular flexibility index (Phi) is 6.38. The second-order valence-electron chi connectivity index (χ2n) is 5.75. The number of nitrogens with zero attached hydrogens (tertiary/aromatic N) is 3. The smallest absolute Gasteiger partial charge is 0.319 e. The van der Waals surface area contributed by atoms with Gasteiger partial charge in [-0.3, -0.25) is 14.2 Å². The third kappa shape index (κ3) is 4.95. The zero-order chi connectivity index (χ0) is 18.4. The summed E-state index contributed by atoms with van der Waals surface area (Å²) in [5, 5.41) is 0. The summed E-state index contributed by atoms with van der Waals surface area (Å²) in [5.41, 5.74) is 1.71. The number of ketones is 1. The second-order valence-corrected chi connectivity index (χ2v) is 5.75. The van der Waals surface area contributed by atoms with Gasteiger partial charge in [0.1, 0.15) is 5.82 Å². The Morgan fingerprint density at radius 2 is 1.88 bits per heavy atom. The first-order chi connectivity index (χ1) is 11.9. The zero-order valence-corrected chi connectivity index (χ0v) is 14.3. The van der Waals surface area contributed by atoms with Crippen LogP contribution in [0.25, 0.3) is 0 Å². The number of rotatable bonds is 8. The molecule has 2 aromatic rings. The van der Waals surface area contributed by atoms with Crippen LogP contribution < -0.4 is 0 Å². The summed E-state index contributed by atoms with van der Waals surface area (Å²) < 4.78 is 26.3. The molecule has 1 aromatic heterocycles. The van der Waals surface area contributed by atoms with Gasteiger partial charge in [-0.25, -0.2) is 4.98 Å². The monoisotopic (exact) mass is 349 g/mol. The largest absolute Gasteiger partial charge is 0.338 e. The molecule has 1 aromatic carbocycles. The van der Waals surface area contributed by atoms with Crippen molar-refractivity contribution in [2.24, 2.45) is 0 Å². The van der Waals surface area contributed by atoms with Gasteiger partial charge in [0.05, 0.1) is 6.54 Å². The van der Waals surface area contributed by atoms with Crippen LogP contribution in [0, 0.1) is 0 Å². The van der Waals surface area contributed by atoms with Crippen molar-refractivity contribution in [3.8, 4) is 0 Å². The SMILES string of the molecule is CCc1ccc(C(=O)CCC(=O)N(C)Cc2nccn2C(F)F)cc1. The van der Waals surface area contributed by atoms with Crippen molar-refractivity contribution in [1.29, 1.82) is 0 Å². The number of imidazole rings is 1. The first-order valence-corrected chi connectivity index (χ1v) is 8.08. The maximum absolute atomic E-state index is 12.8. The highest BCUT2D eigenvalue weighted by Crippen LogP contribution is 2.14. The van der Waals surface area contributed by atoms with Crippen LogP contribution in [0.4, 0.5) is 8.78 Å². The number of halogens is 2. The van der Waals surface area contributed by atoms with Crippen molar-refractivity contribution in [3.05, 3.63) is 53.6 Å². The molecule has 0 saturated heterocycles. The Balaban J connectivity index is 1.88. The molecular formula is C18H21F2N3O2. The fourth-order valence-electron chi connectivity index (χ4n) is 2.43. The summed E-state index contributed by atoms with van der Waals surface area (Å²) >= 11 is 0. The van der Waals surface area contributed by atoms with E-state index in [1.54, 1.807) is 12.1 Å². The molecule has 7 heteroatoms. The van der Waals surface area contributed by atoms with Crippen LogP contribution in [0.5, 0.6) is 0 Å². The standard InChI is InChI=1S/C18H21F2N3O2/c1-3-13-4-6-14(7-5-13)15(24)8-9-17(25)22(2)12-16-21-10-11-23(16)18(19)20/h4-7,10-11,18H,3,8-9,12H2,1-2H3.